The summed E-state index contributed by atoms with van der Waals surface area (Å²) in [7, 11) is 0. The van der Waals surface area contributed by atoms with Crippen LogP contribution in [-0.2, 0) is 4.79 Å². The van der Waals surface area contributed by atoms with Crippen LogP contribution < -0.4 is 5.32 Å². The Labute approximate surface area is 96.5 Å². The Morgan fingerprint density at radius 3 is 2.65 bits per heavy atom. The summed E-state index contributed by atoms with van der Waals surface area (Å²) in [6.45, 7) is 0. The number of aromatic nitrogens is 2. The number of anilines is 1. The summed E-state index contributed by atoms with van der Waals surface area (Å²) in [5, 5.41) is 11.4. The number of nitrogens with one attached hydrogen (secondary N) is 1. The highest BCUT2D eigenvalue weighted by atomic mass is 16.4. The molecule has 1 aromatic heterocycles. The number of amides is 1. The average Bonchev–Trinajstić information content (AvgIpc) is 2.79. The maximum Gasteiger partial charge on any atom is 0.354 e. The van der Waals surface area contributed by atoms with E-state index in [1.54, 1.807) is 24.3 Å². The van der Waals surface area contributed by atoms with E-state index in [1.165, 1.54) is 17.1 Å². The van der Waals surface area contributed by atoms with Crippen molar-refractivity contribution in [2.75, 3.05) is 5.32 Å². The van der Waals surface area contributed by atoms with E-state index >= 15 is 0 Å². The van der Waals surface area contributed by atoms with Gasteiger partial charge < -0.3 is 10.4 Å². The molecule has 6 heteroatoms. The van der Waals surface area contributed by atoms with E-state index in [4.69, 9.17) is 5.11 Å². The van der Waals surface area contributed by atoms with Gasteiger partial charge in [-0.3, -0.25) is 9.36 Å². The fraction of sp³-hybridized carbons (Fsp3) is 0. The van der Waals surface area contributed by atoms with Gasteiger partial charge in [-0.2, -0.15) is 0 Å². The number of hydrogen-bond donors (Lipinski definition) is 2. The van der Waals surface area contributed by atoms with Gasteiger partial charge in [-0.25, -0.2) is 9.78 Å². The predicted octanol–water partition coefficient (Wildman–Crippen LogP) is 1.14. The molecule has 0 spiro atoms. The minimum atomic E-state index is -1.04. The van der Waals surface area contributed by atoms with Crippen LogP contribution in [0.5, 0.6) is 0 Å². The maximum atomic E-state index is 10.9. The van der Waals surface area contributed by atoms with Crippen molar-refractivity contribution < 1.29 is 14.7 Å². The van der Waals surface area contributed by atoms with Crippen LogP contribution in [-0.4, -0.2) is 27.0 Å². The molecule has 17 heavy (non-hydrogen) atoms. The van der Waals surface area contributed by atoms with Crippen molar-refractivity contribution >= 4 is 18.1 Å². The van der Waals surface area contributed by atoms with Crippen molar-refractivity contribution in [2.24, 2.45) is 0 Å². The second kappa shape index (κ2) is 4.48. The number of aromatic carboxylic acids is 1. The lowest BCUT2D eigenvalue weighted by molar-refractivity contribution is -0.105. The SMILES string of the molecule is O=CNc1ccc(-n2cncc2C(=O)O)cc1. The van der Waals surface area contributed by atoms with Crippen LogP contribution in [0.4, 0.5) is 5.69 Å². The molecular formula is C11H9N3O3. The van der Waals surface area contributed by atoms with Gasteiger partial charge in [-0.1, -0.05) is 0 Å². The van der Waals surface area contributed by atoms with Gasteiger partial charge >= 0.3 is 5.97 Å². The molecule has 1 amide bonds. The Kier molecular flexibility index (Phi) is 2.87. The lowest BCUT2D eigenvalue weighted by Crippen LogP contribution is -2.05. The third-order valence-electron chi connectivity index (χ3n) is 2.23. The molecule has 0 fully saturated rings. The molecule has 6 nitrogen and oxygen atoms in total. The van der Waals surface area contributed by atoms with Gasteiger partial charge in [0.05, 0.1) is 12.5 Å². The lowest BCUT2D eigenvalue weighted by atomic mass is 10.2. The fourth-order valence-electron chi connectivity index (χ4n) is 1.45. The highest BCUT2D eigenvalue weighted by molar-refractivity contribution is 5.86. The van der Waals surface area contributed by atoms with Crippen LogP contribution in [0, 0.1) is 0 Å². The van der Waals surface area contributed by atoms with Gasteiger partial charge in [0.2, 0.25) is 6.41 Å². The number of carboxylic acids is 1. The summed E-state index contributed by atoms with van der Waals surface area (Å²) in [5.41, 5.74) is 1.39. The Bertz CT molecular complexity index is 545. The number of benzene rings is 1. The maximum absolute atomic E-state index is 10.9. The van der Waals surface area contributed by atoms with Crippen molar-refractivity contribution in [3.05, 3.63) is 42.5 Å². The highest BCUT2D eigenvalue weighted by Crippen LogP contribution is 2.14. The number of carbonyl (C=O) groups excluding carboxylic acids is 1. The molecule has 2 N–H and O–H groups in total. The summed E-state index contributed by atoms with van der Waals surface area (Å²) in [6, 6.07) is 6.74. The van der Waals surface area contributed by atoms with E-state index < -0.39 is 5.97 Å². The Morgan fingerprint density at radius 2 is 2.06 bits per heavy atom. The van der Waals surface area contributed by atoms with Crippen molar-refractivity contribution in [3.63, 3.8) is 0 Å². The normalized spacial score (nSPS) is 9.88. The average molecular weight is 231 g/mol. The monoisotopic (exact) mass is 231 g/mol. The van der Waals surface area contributed by atoms with Crippen LogP contribution in [0.3, 0.4) is 0 Å². The van der Waals surface area contributed by atoms with E-state index in [9.17, 15) is 9.59 Å². The first-order valence-corrected chi connectivity index (χ1v) is 4.78. The standard InChI is InChI=1S/C11H9N3O3/c15-7-13-8-1-3-9(4-2-8)14-6-12-5-10(14)11(16)17/h1-7H,(H,13,15)(H,16,17). The topological polar surface area (TPSA) is 84.2 Å². The van der Waals surface area contributed by atoms with Gasteiger partial charge in [0, 0.05) is 11.4 Å². The number of carbonyl (C=O) groups is 2. The largest absolute Gasteiger partial charge is 0.477 e. The molecule has 86 valence electrons. The van der Waals surface area contributed by atoms with Gasteiger partial charge in [-0.05, 0) is 24.3 Å². The van der Waals surface area contributed by atoms with Crippen molar-refractivity contribution in [3.8, 4) is 5.69 Å². The Morgan fingerprint density at radius 1 is 1.35 bits per heavy atom. The minimum absolute atomic E-state index is 0.0843. The molecule has 2 rings (SSSR count). The van der Waals surface area contributed by atoms with Crippen LogP contribution >= 0.6 is 0 Å². The zero-order valence-corrected chi connectivity index (χ0v) is 8.70. The first-order valence-electron chi connectivity index (χ1n) is 4.78. The molecule has 0 aliphatic heterocycles. The number of nitrogens with zero attached hydrogens (tertiary/aromatic N) is 2. The second-order valence-electron chi connectivity index (χ2n) is 3.26. The third-order valence-corrected chi connectivity index (χ3v) is 2.23. The molecule has 0 unspecified atom stereocenters. The van der Waals surface area contributed by atoms with Gasteiger partial charge in [-0.15, -0.1) is 0 Å². The third kappa shape index (κ3) is 2.15. The highest BCUT2D eigenvalue weighted by Gasteiger charge is 2.10. The number of carboxylic acid groups (broad SMARTS) is 1. The van der Waals surface area contributed by atoms with Gasteiger partial charge in [0.15, 0.2) is 5.69 Å². The fourth-order valence-corrected chi connectivity index (χ4v) is 1.45. The number of hydrogen-bond acceptors (Lipinski definition) is 3. The lowest BCUT2D eigenvalue weighted by Gasteiger charge is -2.06. The van der Waals surface area contributed by atoms with Crippen LogP contribution in [0.15, 0.2) is 36.8 Å². The predicted molar refractivity (Wildman–Crippen MR) is 60.2 cm³/mol. The van der Waals surface area contributed by atoms with Crippen LogP contribution in [0.1, 0.15) is 10.5 Å². The van der Waals surface area contributed by atoms with Gasteiger partial charge in [0.1, 0.15) is 0 Å². The van der Waals surface area contributed by atoms with Gasteiger partial charge in [0.25, 0.3) is 0 Å². The zero-order valence-electron chi connectivity index (χ0n) is 8.70. The number of imidazole rings is 1. The van der Waals surface area contributed by atoms with E-state index in [0.717, 1.165) is 0 Å². The molecule has 0 aliphatic rings. The molecular weight excluding hydrogens is 222 g/mol. The van der Waals surface area contributed by atoms with Crippen molar-refractivity contribution in [1.29, 1.82) is 0 Å². The molecule has 0 aliphatic carbocycles. The Balaban J connectivity index is 2.36. The summed E-state index contributed by atoms with van der Waals surface area (Å²) in [6.07, 6.45) is 3.28. The minimum Gasteiger partial charge on any atom is -0.477 e. The first-order chi connectivity index (χ1) is 8.22. The summed E-state index contributed by atoms with van der Waals surface area (Å²) >= 11 is 0. The summed E-state index contributed by atoms with van der Waals surface area (Å²) in [5.74, 6) is -1.04. The molecule has 0 radical (unpaired) electrons. The molecule has 1 heterocycles. The molecule has 0 atom stereocenters. The molecule has 2 aromatic rings. The van der Waals surface area contributed by atoms with E-state index in [1.807, 2.05) is 0 Å². The molecule has 0 saturated carbocycles. The van der Waals surface area contributed by atoms with Crippen LogP contribution in [0.2, 0.25) is 0 Å². The smallest absolute Gasteiger partial charge is 0.354 e. The number of rotatable bonds is 4. The van der Waals surface area contributed by atoms with E-state index in [0.29, 0.717) is 17.8 Å². The Hall–Kier alpha value is -2.63. The van der Waals surface area contributed by atoms with Crippen LogP contribution in [0.25, 0.3) is 5.69 Å². The van der Waals surface area contributed by atoms with E-state index in [-0.39, 0.29) is 5.69 Å². The van der Waals surface area contributed by atoms with Crippen molar-refractivity contribution in [2.45, 2.75) is 0 Å². The van der Waals surface area contributed by atoms with E-state index in [2.05, 4.69) is 10.3 Å². The zero-order chi connectivity index (χ0) is 12.3. The molecule has 0 saturated heterocycles. The first kappa shape index (κ1) is 10.9. The van der Waals surface area contributed by atoms with Crippen molar-refractivity contribution in [1.82, 2.24) is 9.55 Å². The molecule has 1 aromatic carbocycles. The summed E-state index contributed by atoms with van der Waals surface area (Å²) < 4.78 is 1.45. The second-order valence-corrected chi connectivity index (χ2v) is 3.26. The molecule has 0 bridgehead atoms. The quantitative estimate of drug-likeness (QED) is 0.773. The summed E-state index contributed by atoms with van der Waals surface area (Å²) in [4.78, 5) is 24.9.